The van der Waals surface area contributed by atoms with E-state index in [9.17, 15) is 0 Å². The van der Waals surface area contributed by atoms with Gasteiger partial charge in [-0.15, -0.1) is 0 Å². The molecular weight excluding hydrogens is 148 g/mol. The molecule has 12 heavy (non-hydrogen) atoms. The molecule has 1 rings (SSSR count). The van der Waals surface area contributed by atoms with Gasteiger partial charge < -0.3 is 4.90 Å². The summed E-state index contributed by atoms with van der Waals surface area (Å²) in [5.41, 5.74) is 1.34. The minimum absolute atomic E-state index is 0.521. The van der Waals surface area contributed by atoms with Crippen LogP contribution in [0.5, 0.6) is 0 Å². The minimum Gasteiger partial charge on any atom is -0.302 e. The number of hydrogen-bond acceptors (Lipinski definition) is 2. The predicted octanol–water partition coefficient (Wildman–Crippen LogP) is 2.09. The van der Waals surface area contributed by atoms with Gasteiger partial charge in [-0.2, -0.15) is 0 Å². The van der Waals surface area contributed by atoms with Gasteiger partial charge in [0.05, 0.1) is 0 Å². The normalized spacial score (nSPS) is 13.3. The van der Waals surface area contributed by atoms with Crippen LogP contribution < -0.4 is 0 Å². The Morgan fingerprint density at radius 1 is 1.33 bits per heavy atom. The predicted molar refractivity (Wildman–Crippen MR) is 51.0 cm³/mol. The van der Waals surface area contributed by atoms with Gasteiger partial charge in [-0.1, -0.05) is 6.92 Å². The van der Waals surface area contributed by atoms with Crippen molar-refractivity contribution in [3.63, 3.8) is 0 Å². The van der Waals surface area contributed by atoms with Crippen molar-refractivity contribution in [1.82, 2.24) is 9.88 Å². The van der Waals surface area contributed by atoms with Gasteiger partial charge in [0.25, 0.3) is 0 Å². The number of nitrogens with zero attached hydrogens (tertiary/aromatic N) is 2. The zero-order chi connectivity index (χ0) is 8.97. The molecule has 2 heteroatoms. The average molecular weight is 164 g/mol. The van der Waals surface area contributed by atoms with Crippen molar-refractivity contribution >= 4 is 0 Å². The van der Waals surface area contributed by atoms with Crippen molar-refractivity contribution in [2.45, 2.75) is 19.4 Å². The van der Waals surface area contributed by atoms with Gasteiger partial charge in [0.1, 0.15) is 0 Å². The van der Waals surface area contributed by atoms with Gasteiger partial charge >= 0.3 is 0 Å². The summed E-state index contributed by atoms with van der Waals surface area (Å²) in [4.78, 5) is 6.23. The molecule has 0 aliphatic heterocycles. The maximum absolute atomic E-state index is 4.00. The van der Waals surface area contributed by atoms with E-state index in [1.165, 1.54) is 5.56 Å². The molecule has 2 nitrogen and oxygen atoms in total. The topological polar surface area (TPSA) is 16.1 Å². The smallest absolute Gasteiger partial charge is 0.0340 e. The van der Waals surface area contributed by atoms with Gasteiger partial charge in [-0.05, 0) is 38.2 Å². The highest BCUT2D eigenvalue weighted by Crippen LogP contribution is 2.19. The quantitative estimate of drug-likeness (QED) is 0.680. The van der Waals surface area contributed by atoms with Crippen molar-refractivity contribution in [3.8, 4) is 0 Å². The molecule has 0 bridgehead atoms. The summed E-state index contributed by atoms with van der Waals surface area (Å²) in [6.45, 7) is 2.20. The van der Waals surface area contributed by atoms with Gasteiger partial charge in [-0.25, -0.2) is 0 Å². The van der Waals surface area contributed by atoms with Gasteiger partial charge in [-0.3, -0.25) is 4.98 Å². The van der Waals surface area contributed by atoms with E-state index < -0.39 is 0 Å². The van der Waals surface area contributed by atoms with Crippen LogP contribution in [0.4, 0.5) is 0 Å². The molecule has 0 spiro atoms. The molecule has 0 radical (unpaired) electrons. The second kappa shape index (κ2) is 4.21. The van der Waals surface area contributed by atoms with E-state index in [0.717, 1.165) is 6.42 Å². The standard InChI is InChI=1S/C10H16N2/c1-4-10(12(2)3)9-5-7-11-8-6-9/h5-8,10H,4H2,1-3H3. The van der Waals surface area contributed by atoms with Crippen LogP contribution in [0.15, 0.2) is 24.5 Å². The fourth-order valence-corrected chi connectivity index (χ4v) is 1.48. The maximum Gasteiger partial charge on any atom is 0.0340 e. The Morgan fingerprint density at radius 2 is 1.92 bits per heavy atom. The van der Waals surface area contributed by atoms with Crippen LogP contribution in [0.25, 0.3) is 0 Å². The van der Waals surface area contributed by atoms with Crippen LogP contribution in [0, 0.1) is 0 Å². The minimum atomic E-state index is 0.521. The van der Waals surface area contributed by atoms with E-state index in [0.29, 0.717) is 6.04 Å². The zero-order valence-electron chi connectivity index (χ0n) is 7.99. The summed E-state index contributed by atoms with van der Waals surface area (Å²) < 4.78 is 0. The summed E-state index contributed by atoms with van der Waals surface area (Å²) in [5.74, 6) is 0. The van der Waals surface area contributed by atoms with E-state index in [-0.39, 0.29) is 0 Å². The van der Waals surface area contributed by atoms with E-state index in [1.807, 2.05) is 12.4 Å². The summed E-state index contributed by atoms with van der Waals surface area (Å²) >= 11 is 0. The first-order chi connectivity index (χ1) is 5.75. The van der Waals surface area contributed by atoms with Crippen LogP contribution in [0.2, 0.25) is 0 Å². The molecule has 1 atom stereocenters. The lowest BCUT2D eigenvalue weighted by molar-refractivity contribution is 0.292. The first kappa shape index (κ1) is 9.20. The Hall–Kier alpha value is -0.890. The lowest BCUT2D eigenvalue weighted by Gasteiger charge is -2.22. The van der Waals surface area contributed by atoms with Crippen LogP contribution in [-0.4, -0.2) is 24.0 Å². The fourth-order valence-electron chi connectivity index (χ4n) is 1.48. The Balaban J connectivity index is 2.80. The molecule has 1 aromatic rings. The summed E-state index contributed by atoms with van der Waals surface area (Å²) in [5, 5.41) is 0. The number of aromatic nitrogens is 1. The lowest BCUT2D eigenvalue weighted by Crippen LogP contribution is -2.18. The molecular formula is C10H16N2. The summed E-state index contributed by atoms with van der Waals surface area (Å²) in [7, 11) is 4.21. The molecule has 1 heterocycles. The van der Waals surface area contributed by atoms with E-state index in [4.69, 9.17) is 0 Å². The molecule has 0 aliphatic carbocycles. The van der Waals surface area contributed by atoms with E-state index in [1.54, 1.807) is 0 Å². The molecule has 1 aromatic heterocycles. The Bertz CT molecular complexity index is 219. The fraction of sp³-hybridized carbons (Fsp3) is 0.500. The third kappa shape index (κ3) is 2.05. The van der Waals surface area contributed by atoms with Crippen molar-refractivity contribution < 1.29 is 0 Å². The van der Waals surface area contributed by atoms with Crippen molar-refractivity contribution in [3.05, 3.63) is 30.1 Å². The van der Waals surface area contributed by atoms with Crippen LogP contribution in [-0.2, 0) is 0 Å². The number of hydrogen-bond donors (Lipinski definition) is 0. The SMILES string of the molecule is CCC(c1ccncc1)N(C)C. The zero-order valence-corrected chi connectivity index (χ0v) is 7.99. The van der Waals surface area contributed by atoms with Crippen LogP contribution in [0.3, 0.4) is 0 Å². The molecule has 0 amide bonds. The molecule has 0 fully saturated rings. The number of rotatable bonds is 3. The highest BCUT2D eigenvalue weighted by molar-refractivity contribution is 5.14. The monoisotopic (exact) mass is 164 g/mol. The Labute approximate surface area is 74.2 Å². The molecule has 0 saturated heterocycles. The maximum atomic E-state index is 4.00. The first-order valence-corrected chi connectivity index (χ1v) is 4.32. The van der Waals surface area contributed by atoms with Crippen molar-refractivity contribution in [2.24, 2.45) is 0 Å². The van der Waals surface area contributed by atoms with E-state index in [2.05, 4.69) is 43.0 Å². The van der Waals surface area contributed by atoms with Gasteiger partial charge in [0.2, 0.25) is 0 Å². The third-order valence-corrected chi connectivity index (χ3v) is 2.10. The summed E-state index contributed by atoms with van der Waals surface area (Å²) in [6.07, 6.45) is 4.83. The second-order valence-electron chi connectivity index (χ2n) is 3.17. The Kier molecular flexibility index (Phi) is 3.23. The van der Waals surface area contributed by atoms with Gasteiger partial charge in [0, 0.05) is 18.4 Å². The highest BCUT2D eigenvalue weighted by Gasteiger charge is 2.09. The molecule has 0 saturated carbocycles. The molecule has 1 unspecified atom stereocenters. The number of pyridine rings is 1. The van der Waals surface area contributed by atoms with Gasteiger partial charge in [0.15, 0.2) is 0 Å². The Morgan fingerprint density at radius 3 is 2.33 bits per heavy atom. The highest BCUT2D eigenvalue weighted by atomic mass is 15.1. The second-order valence-corrected chi connectivity index (χ2v) is 3.17. The van der Waals surface area contributed by atoms with Crippen molar-refractivity contribution in [1.29, 1.82) is 0 Å². The molecule has 0 N–H and O–H groups in total. The molecule has 0 aromatic carbocycles. The first-order valence-electron chi connectivity index (χ1n) is 4.32. The summed E-state index contributed by atoms with van der Waals surface area (Å²) in [6, 6.07) is 4.68. The van der Waals surface area contributed by atoms with Crippen LogP contribution >= 0.6 is 0 Å². The molecule has 0 aliphatic rings. The lowest BCUT2D eigenvalue weighted by atomic mass is 10.1. The average Bonchev–Trinajstić information content (AvgIpc) is 2.07. The van der Waals surface area contributed by atoms with E-state index >= 15 is 0 Å². The van der Waals surface area contributed by atoms with Crippen molar-refractivity contribution in [2.75, 3.05) is 14.1 Å². The largest absolute Gasteiger partial charge is 0.302 e. The molecule has 66 valence electrons. The third-order valence-electron chi connectivity index (χ3n) is 2.10. The van der Waals surface area contributed by atoms with Crippen LogP contribution in [0.1, 0.15) is 24.9 Å².